The number of hydrogen-bond acceptors (Lipinski definition) is 6. The summed E-state index contributed by atoms with van der Waals surface area (Å²) in [6, 6.07) is 14.4. The molecule has 0 saturated heterocycles. The molecule has 10 heteroatoms. The lowest BCUT2D eigenvalue weighted by molar-refractivity contribution is 0.191. The van der Waals surface area contributed by atoms with Crippen molar-refractivity contribution in [3.63, 3.8) is 0 Å². The number of fused-ring (bicyclic) bond motifs is 1. The van der Waals surface area contributed by atoms with Crippen molar-refractivity contribution < 1.29 is 5.11 Å². The Labute approximate surface area is 186 Å². The first-order valence-electron chi connectivity index (χ1n) is 9.84. The summed E-state index contributed by atoms with van der Waals surface area (Å²) >= 11 is 6.02. The highest BCUT2D eigenvalue weighted by Gasteiger charge is 2.16. The minimum Gasteiger partial charge on any atom is -0.387 e. The van der Waals surface area contributed by atoms with E-state index in [2.05, 4.69) is 30.6 Å². The molecule has 3 aromatic heterocycles. The van der Waals surface area contributed by atoms with E-state index in [1.807, 2.05) is 18.2 Å². The van der Waals surface area contributed by atoms with Gasteiger partial charge in [0.05, 0.1) is 40.9 Å². The number of H-pyrrole nitrogens is 2. The Morgan fingerprint density at radius 1 is 1.19 bits per heavy atom. The molecule has 9 nitrogen and oxygen atoms in total. The van der Waals surface area contributed by atoms with Gasteiger partial charge in [-0.05, 0) is 42.0 Å². The average molecular weight is 448 g/mol. The van der Waals surface area contributed by atoms with Crippen molar-refractivity contribution in [3.8, 4) is 17.1 Å². The standard InChI is InChI=1S/C22H18ClN7O2/c23-14-3-1-2-13(10-14)19(31)12-25-17-6-7-24-22(32)20(17)21-27-16-5-4-15(11-18(16)28-21)30-9-8-26-29-30/h1-11,19,31H,12H2,(H,27,28)(H2,24,25,32). The molecule has 3 heterocycles. The van der Waals surface area contributed by atoms with Crippen LogP contribution in [0.5, 0.6) is 0 Å². The third kappa shape index (κ3) is 3.86. The first kappa shape index (κ1) is 20.0. The van der Waals surface area contributed by atoms with Crippen molar-refractivity contribution in [1.29, 1.82) is 0 Å². The number of pyridine rings is 1. The molecule has 0 aliphatic carbocycles. The number of imidazole rings is 1. The second kappa shape index (κ2) is 8.29. The number of halogens is 1. The van der Waals surface area contributed by atoms with Crippen LogP contribution in [0.15, 0.2) is 71.9 Å². The molecule has 0 saturated carbocycles. The molecule has 1 atom stereocenters. The third-order valence-corrected chi connectivity index (χ3v) is 5.30. The minimum atomic E-state index is -0.804. The lowest BCUT2D eigenvalue weighted by Crippen LogP contribution is -2.17. The highest BCUT2D eigenvalue weighted by molar-refractivity contribution is 6.30. The summed E-state index contributed by atoms with van der Waals surface area (Å²) in [6.07, 6.45) is 4.09. The van der Waals surface area contributed by atoms with Crippen molar-refractivity contribution in [1.82, 2.24) is 29.9 Å². The van der Waals surface area contributed by atoms with Gasteiger partial charge in [0.1, 0.15) is 11.4 Å². The van der Waals surface area contributed by atoms with Crippen LogP contribution in [0.4, 0.5) is 5.69 Å². The van der Waals surface area contributed by atoms with E-state index in [1.165, 1.54) is 0 Å². The van der Waals surface area contributed by atoms with Gasteiger partial charge in [0.25, 0.3) is 5.56 Å². The summed E-state index contributed by atoms with van der Waals surface area (Å²) in [5.41, 5.74) is 3.55. The van der Waals surface area contributed by atoms with Gasteiger partial charge in [-0.1, -0.05) is 28.9 Å². The van der Waals surface area contributed by atoms with Crippen LogP contribution in [0.2, 0.25) is 5.02 Å². The molecule has 0 aliphatic heterocycles. The molecule has 2 aromatic carbocycles. The van der Waals surface area contributed by atoms with E-state index in [9.17, 15) is 9.90 Å². The largest absolute Gasteiger partial charge is 0.387 e. The number of nitrogens with one attached hydrogen (secondary N) is 3. The number of nitrogens with zero attached hydrogens (tertiary/aromatic N) is 4. The number of anilines is 1. The fraction of sp³-hybridized carbons (Fsp3) is 0.0909. The summed E-state index contributed by atoms with van der Waals surface area (Å²) < 4.78 is 1.64. The summed E-state index contributed by atoms with van der Waals surface area (Å²) in [6.45, 7) is 0.188. The van der Waals surface area contributed by atoms with E-state index < -0.39 is 6.10 Å². The zero-order chi connectivity index (χ0) is 22.1. The fourth-order valence-corrected chi connectivity index (χ4v) is 3.70. The number of rotatable bonds is 6. The molecule has 5 aromatic rings. The summed E-state index contributed by atoms with van der Waals surface area (Å²) in [7, 11) is 0. The number of benzene rings is 2. The van der Waals surface area contributed by atoms with Gasteiger partial charge in [-0.25, -0.2) is 9.67 Å². The summed E-state index contributed by atoms with van der Waals surface area (Å²) in [5, 5.41) is 22.0. The van der Waals surface area contributed by atoms with Gasteiger partial charge < -0.3 is 20.4 Å². The molecular formula is C22H18ClN7O2. The van der Waals surface area contributed by atoms with Gasteiger partial charge in [-0.3, -0.25) is 4.79 Å². The van der Waals surface area contributed by atoms with E-state index in [0.717, 1.165) is 11.2 Å². The average Bonchev–Trinajstić information content (AvgIpc) is 3.47. The zero-order valence-corrected chi connectivity index (χ0v) is 17.4. The maximum absolute atomic E-state index is 12.7. The summed E-state index contributed by atoms with van der Waals surface area (Å²) in [4.78, 5) is 23.2. The van der Waals surface area contributed by atoms with Crippen LogP contribution in [0.25, 0.3) is 28.1 Å². The van der Waals surface area contributed by atoms with Crippen molar-refractivity contribution in [2.45, 2.75) is 6.10 Å². The Bertz CT molecular complexity index is 1440. The van der Waals surface area contributed by atoms with Gasteiger partial charge in [-0.15, -0.1) is 5.10 Å². The van der Waals surface area contributed by atoms with Crippen molar-refractivity contribution in [3.05, 3.63) is 88.1 Å². The van der Waals surface area contributed by atoms with E-state index in [4.69, 9.17) is 11.6 Å². The normalized spacial score (nSPS) is 12.2. The lowest BCUT2D eigenvalue weighted by atomic mass is 10.1. The molecule has 160 valence electrons. The van der Waals surface area contributed by atoms with E-state index >= 15 is 0 Å². The first-order chi connectivity index (χ1) is 15.6. The molecule has 0 radical (unpaired) electrons. The smallest absolute Gasteiger partial charge is 0.261 e. The monoisotopic (exact) mass is 447 g/mol. The van der Waals surface area contributed by atoms with Crippen LogP contribution in [0, 0.1) is 0 Å². The topological polar surface area (TPSA) is 125 Å². The molecule has 0 aliphatic rings. The van der Waals surface area contributed by atoms with Gasteiger partial charge in [0.15, 0.2) is 0 Å². The predicted molar refractivity (Wildman–Crippen MR) is 122 cm³/mol. The van der Waals surface area contributed by atoms with Gasteiger partial charge in [0.2, 0.25) is 0 Å². The quantitative estimate of drug-likeness (QED) is 0.316. The highest BCUT2D eigenvalue weighted by Crippen LogP contribution is 2.26. The molecule has 0 spiro atoms. The van der Waals surface area contributed by atoms with E-state index in [0.29, 0.717) is 33.2 Å². The Hall–Kier alpha value is -3.95. The highest BCUT2D eigenvalue weighted by atomic mass is 35.5. The lowest BCUT2D eigenvalue weighted by Gasteiger charge is -2.15. The van der Waals surface area contributed by atoms with E-state index in [1.54, 1.807) is 53.6 Å². The predicted octanol–water partition coefficient (Wildman–Crippen LogP) is 3.30. The zero-order valence-electron chi connectivity index (χ0n) is 16.7. The summed E-state index contributed by atoms with van der Waals surface area (Å²) in [5.74, 6) is 0.414. The minimum absolute atomic E-state index is 0.188. The molecule has 32 heavy (non-hydrogen) atoms. The maximum Gasteiger partial charge on any atom is 0.261 e. The molecule has 4 N–H and O–H groups in total. The molecule has 0 fully saturated rings. The van der Waals surface area contributed by atoms with Gasteiger partial charge in [-0.2, -0.15) is 0 Å². The van der Waals surface area contributed by atoms with Crippen LogP contribution in [0.3, 0.4) is 0 Å². The fourth-order valence-electron chi connectivity index (χ4n) is 3.50. The first-order valence-corrected chi connectivity index (χ1v) is 10.2. The second-order valence-electron chi connectivity index (χ2n) is 7.18. The van der Waals surface area contributed by atoms with Crippen LogP contribution in [-0.2, 0) is 0 Å². The Morgan fingerprint density at radius 3 is 2.91 bits per heavy atom. The van der Waals surface area contributed by atoms with Crippen LogP contribution < -0.4 is 10.9 Å². The Kier molecular flexibility index (Phi) is 5.18. The van der Waals surface area contributed by atoms with Gasteiger partial charge in [0, 0.05) is 17.8 Å². The van der Waals surface area contributed by atoms with Crippen molar-refractivity contribution in [2.24, 2.45) is 0 Å². The number of aromatic nitrogens is 6. The van der Waals surface area contributed by atoms with Gasteiger partial charge >= 0.3 is 0 Å². The second-order valence-corrected chi connectivity index (χ2v) is 7.62. The number of hydrogen-bond donors (Lipinski definition) is 4. The number of aliphatic hydroxyl groups is 1. The van der Waals surface area contributed by atoms with Crippen LogP contribution in [0.1, 0.15) is 11.7 Å². The molecule has 5 rings (SSSR count). The van der Waals surface area contributed by atoms with Crippen molar-refractivity contribution in [2.75, 3.05) is 11.9 Å². The molecular weight excluding hydrogens is 430 g/mol. The SMILES string of the molecule is O=c1[nH]ccc(NCC(O)c2cccc(Cl)c2)c1-c1nc2ccc(-n3ccnn3)cc2[nH]1. The maximum atomic E-state index is 12.7. The Balaban J connectivity index is 1.46. The van der Waals surface area contributed by atoms with Crippen molar-refractivity contribution >= 4 is 28.3 Å². The van der Waals surface area contributed by atoms with Crippen LogP contribution in [-0.4, -0.2) is 41.6 Å². The molecule has 0 bridgehead atoms. The number of aromatic amines is 2. The number of aliphatic hydroxyl groups excluding tert-OH is 1. The Morgan fingerprint density at radius 2 is 2.09 bits per heavy atom. The van der Waals surface area contributed by atoms with E-state index in [-0.39, 0.29) is 12.1 Å². The molecule has 1 unspecified atom stereocenters. The molecule has 0 amide bonds. The van der Waals surface area contributed by atoms with Crippen LogP contribution >= 0.6 is 11.6 Å². The third-order valence-electron chi connectivity index (χ3n) is 5.07.